The van der Waals surface area contributed by atoms with Crippen LogP contribution < -0.4 is 10.6 Å². The maximum atomic E-state index is 7.77. The Hall–Kier alpha value is -1.55. The molecule has 1 unspecified atom stereocenters. The van der Waals surface area contributed by atoms with E-state index in [4.69, 9.17) is 11.1 Å². The largest absolute Gasteiger partial charge is 0.384 e. The number of likely N-dealkylation sites (N-methyl/N-ethyl adjacent to an activating group) is 1. The van der Waals surface area contributed by atoms with E-state index in [1.165, 1.54) is 12.8 Å². The Balaban J connectivity index is 2.28. The Bertz CT molecular complexity index is 467. The first-order valence-corrected chi connectivity index (χ1v) is 6.85. The van der Waals surface area contributed by atoms with E-state index in [1.54, 1.807) is 0 Å². The van der Waals surface area contributed by atoms with E-state index in [2.05, 4.69) is 36.0 Å². The van der Waals surface area contributed by atoms with Crippen molar-refractivity contribution in [3.05, 3.63) is 29.3 Å². The average molecular weight is 260 g/mol. The predicted octanol–water partition coefficient (Wildman–Crippen LogP) is 1.81. The summed E-state index contributed by atoms with van der Waals surface area (Å²) in [4.78, 5) is 4.65. The molecule has 1 saturated heterocycles. The molecule has 1 aliphatic heterocycles. The number of hydrogen-bond acceptors (Lipinski definition) is 3. The van der Waals surface area contributed by atoms with Crippen LogP contribution >= 0.6 is 0 Å². The number of piperidine rings is 1. The second kappa shape index (κ2) is 5.61. The van der Waals surface area contributed by atoms with Crippen LogP contribution in [-0.4, -0.2) is 44.0 Å². The molecular weight excluding hydrogens is 236 g/mol. The summed E-state index contributed by atoms with van der Waals surface area (Å²) in [6.45, 7) is 4.10. The lowest BCUT2D eigenvalue weighted by molar-refractivity contribution is 0.258. The molecule has 0 saturated carbocycles. The summed E-state index contributed by atoms with van der Waals surface area (Å²) in [6.07, 6.45) is 2.43. The number of rotatable bonds is 3. The van der Waals surface area contributed by atoms with Gasteiger partial charge in [-0.3, -0.25) is 5.41 Å². The molecule has 19 heavy (non-hydrogen) atoms. The zero-order chi connectivity index (χ0) is 14.0. The van der Waals surface area contributed by atoms with Gasteiger partial charge < -0.3 is 15.5 Å². The van der Waals surface area contributed by atoms with E-state index < -0.39 is 0 Å². The fourth-order valence-corrected chi connectivity index (χ4v) is 2.74. The quantitative estimate of drug-likeness (QED) is 0.644. The number of nitrogens with two attached hydrogens (primary N) is 1. The summed E-state index contributed by atoms with van der Waals surface area (Å²) in [5.41, 5.74) is 8.84. The van der Waals surface area contributed by atoms with Gasteiger partial charge in [0, 0.05) is 30.4 Å². The summed E-state index contributed by atoms with van der Waals surface area (Å²) in [7, 11) is 4.27. The molecule has 1 aromatic rings. The molecule has 1 aliphatic rings. The van der Waals surface area contributed by atoms with Gasteiger partial charge in [0.1, 0.15) is 5.84 Å². The van der Waals surface area contributed by atoms with Gasteiger partial charge in [0.2, 0.25) is 0 Å². The van der Waals surface area contributed by atoms with Gasteiger partial charge in [-0.05, 0) is 46.0 Å². The van der Waals surface area contributed by atoms with Crippen LogP contribution in [0, 0.1) is 12.3 Å². The number of nitrogens with zero attached hydrogens (tertiary/aromatic N) is 2. The second-order valence-electron chi connectivity index (χ2n) is 5.64. The highest BCUT2D eigenvalue weighted by molar-refractivity contribution is 6.00. The van der Waals surface area contributed by atoms with E-state index in [0.29, 0.717) is 6.04 Å². The summed E-state index contributed by atoms with van der Waals surface area (Å²) < 4.78 is 0. The molecule has 1 atom stereocenters. The Kier molecular flexibility index (Phi) is 4.10. The molecule has 104 valence electrons. The van der Waals surface area contributed by atoms with Gasteiger partial charge in [0.15, 0.2) is 0 Å². The van der Waals surface area contributed by atoms with Crippen LogP contribution in [0.25, 0.3) is 0 Å². The Morgan fingerprint density at radius 2 is 2.16 bits per heavy atom. The zero-order valence-corrected chi connectivity index (χ0v) is 12.1. The third-order valence-electron chi connectivity index (χ3n) is 3.91. The SMILES string of the molecule is Cc1ccc(N2CCCC(N(C)C)C2)c(C(=N)N)c1. The summed E-state index contributed by atoms with van der Waals surface area (Å²) in [5, 5.41) is 7.77. The van der Waals surface area contributed by atoms with Gasteiger partial charge in [0.05, 0.1) is 0 Å². The minimum Gasteiger partial charge on any atom is -0.384 e. The lowest BCUT2D eigenvalue weighted by Crippen LogP contribution is -2.45. The number of hydrogen-bond donors (Lipinski definition) is 2. The minimum absolute atomic E-state index is 0.158. The second-order valence-corrected chi connectivity index (χ2v) is 5.64. The van der Waals surface area contributed by atoms with Crippen LogP contribution in [-0.2, 0) is 0 Å². The molecule has 0 amide bonds. The molecule has 4 nitrogen and oxygen atoms in total. The van der Waals surface area contributed by atoms with Crippen molar-refractivity contribution in [2.24, 2.45) is 5.73 Å². The molecule has 4 heteroatoms. The molecule has 1 heterocycles. The van der Waals surface area contributed by atoms with E-state index in [9.17, 15) is 0 Å². The van der Waals surface area contributed by atoms with E-state index in [-0.39, 0.29) is 5.84 Å². The number of anilines is 1. The van der Waals surface area contributed by atoms with E-state index >= 15 is 0 Å². The van der Waals surface area contributed by atoms with E-state index in [0.717, 1.165) is 29.9 Å². The van der Waals surface area contributed by atoms with Crippen LogP contribution in [0.1, 0.15) is 24.0 Å². The highest BCUT2D eigenvalue weighted by Gasteiger charge is 2.23. The normalized spacial score (nSPS) is 19.8. The maximum Gasteiger partial charge on any atom is 0.124 e. The van der Waals surface area contributed by atoms with Gasteiger partial charge in [-0.2, -0.15) is 0 Å². The first kappa shape index (κ1) is 13.9. The van der Waals surface area contributed by atoms with Crippen LogP contribution in [0.4, 0.5) is 5.69 Å². The fourth-order valence-electron chi connectivity index (χ4n) is 2.74. The molecule has 0 aliphatic carbocycles. The molecule has 1 aromatic carbocycles. The molecule has 2 rings (SSSR count). The zero-order valence-electron chi connectivity index (χ0n) is 12.1. The van der Waals surface area contributed by atoms with Gasteiger partial charge in [-0.1, -0.05) is 11.6 Å². The fraction of sp³-hybridized carbons (Fsp3) is 0.533. The first-order chi connectivity index (χ1) is 8.99. The first-order valence-electron chi connectivity index (χ1n) is 6.85. The standard InChI is InChI=1S/C15H24N4/c1-11-6-7-14(13(9-11)15(16)17)19-8-4-5-12(10-19)18(2)3/h6-7,9,12H,4-5,8,10H2,1-3H3,(H3,16,17). The van der Waals surface area contributed by atoms with Crippen molar-refractivity contribution in [2.45, 2.75) is 25.8 Å². The lowest BCUT2D eigenvalue weighted by atomic mass is 10.0. The summed E-state index contributed by atoms with van der Waals surface area (Å²) >= 11 is 0. The molecular formula is C15H24N4. The predicted molar refractivity (Wildman–Crippen MR) is 81.1 cm³/mol. The summed E-state index contributed by atoms with van der Waals surface area (Å²) in [5.74, 6) is 0.158. The number of aryl methyl sites for hydroxylation is 1. The van der Waals surface area contributed by atoms with Crippen LogP contribution in [0.5, 0.6) is 0 Å². The minimum atomic E-state index is 0.158. The molecule has 1 fully saturated rings. The number of nitrogen functional groups attached to an aromatic ring is 1. The number of amidine groups is 1. The number of benzene rings is 1. The third-order valence-corrected chi connectivity index (χ3v) is 3.91. The van der Waals surface area contributed by atoms with E-state index in [1.807, 2.05) is 13.0 Å². The highest BCUT2D eigenvalue weighted by atomic mass is 15.2. The average Bonchev–Trinajstić information content (AvgIpc) is 2.38. The Morgan fingerprint density at radius 3 is 2.79 bits per heavy atom. The monoisotopic (exact) mass is 260 g/mol. The third kappa shape index (κ3) is 3.07. The van der Waals surface area contributed by atoms with Gasteiger partial charge in [0.25, 0.3) is 0 Å². The van der Waals surface area contributed by atoms with Crippen molar-refractivity contribution in [2.75, 3.05) is 32.1 Å². The highest BCUT2D eigenvalue weighted by Crippen LogP contribution is 2.26. The van der Waals surface area contributed by atoms with Crippen molar-refractivity contribution in [3.8, 4) is 0 Å². The van der Waals surface area contributed by atoms with Crippen molar-refractivity contribution in [1.82, 2.24) is 4.90 Å². The van der Waals surface area contributed by atoms with Gasteiger partial charge in [-0.15, -0.1) is 0 Å². The van der Waals surface area contributed by atoms with Crippen molar-refractivity contribution < 1.29 is 0 Å². The Morgan fingerprint density at radius 1 is 1.42 bits per heavy atom. The van der Waals surface area contributed by atoms with Crippen LogP contribution in [0.2, 0.25) is 0 Å². The summed E-state index contributed by atoms with van der Waals surface area (Å²) in [6, 6.07) is 6.79. The lowest BCUT2D eigenvalue weighted by Gasteiger charge is -2.38. The molecule has 0 radical (unpaired) electrons. The maximum absolute atomic E-state index is 7.77. The topological polar surface area (TPSA) is 56.4 Å². The molecule has 0 aromatic heterocycles. The molecule has 0 bridgehead atoms. The van der Waals surface area contributed by atoms with Crippen molar-refractivity contribution >= 4 is 11.5 Å². The van der Waals surface area contributed by atoms with Crippen molar-refractivity contribution in [1.29, 1.82) is 5.41 Å². The van der Waals surface area contributed by atoms with Crippen molar-refractivity contribution in [3.63, 3.8) is 0 Å². The van der Waals surface area contributed by atoms with Gasteiger partial charge in [-0.25, -0.2) is 0 Å². The number of nitrogens with one attached hydrogen (secondary N) is 1. The molecule has 3 N–H and O–H groups in total. The van der Waals surface area contributed by atoms with Crippen LogP contribution in [0.15, 0.2) is 18.2 Å². The molecule has 0 spiro atoms. The van der Waals surface area contributed by atoms with Gasteiger partial charge >= 0.3 is 0 Å². The van der Waals surface area contributed by atoms with Crippen LogP contribution in [0.3, 0.4) is 0 Å². The Labute approximate surface area is 115 Å². The smallest absolute Gasteiger partial charge is 0.124 e.